The molecule has 0 saturated carbocycles. The number of sulfone groups is 1. The first-order valence-corrected chi connectivity index (χ1v) is 10.8. The molecule has 0 aliphatic heterocycles. The second kappa shape index (κ2) is 8.41. The second-order valence-electron chi connectivity index (χ2n) is 6.60. The monoisotopic (exact) mass is 434 g/mol. The van der Waals surface area contributed by atoms with Crippen LogP contribution in [0.3, 0.4) is 0 Å². The molecule has 0 fully saturated rings. The van der Waals surface area contributed by atoms with E-state index in [9.17, 15) is 18.6 Å². The number of phenols is 2. The number of benzene rings is 4. The molecule has 0 heterocycles. The molecule has 4 rings (SSSR count). The highest BCUT2D eigenvalue weighted by Gasteiger charge is 2.26. The van der Waals surface area contributed by atoms with Crippen LogP contribution in [0.2, 0.25) is 0 Å². The van der Waals surface area contributed by atoms with Gasteiger partial charge in [-0.05, 0) is 48.5 Å². The van der Waals surface area contributed by atoms with E-state index in [4.69, 9.17) is 9.47 Å². The molecule has 0 radical (unpaired) electrons. The van der Waals surface area contributed by atoms with Crippen LogP contribution in [-0.4, -0.2) is 18.6 Å². The summed E-state index contributed by atoms with van der Waals surface area (Å²) in [5.74, 6) is 0.593. The highest BCUT2D eigenvalue weighted by atomic mass is 32.2. The molecular weight excluding hydrogens is 416 g/mol. The standard InChI is InChI=1S/C24H18O6S/c25-17-7-4-9-19(15-17)29-22-13-6-14-23(31(27,28)21-11-2-1-3-12-21)24(22)30-20-10-5-8-18(26)16-20/h1-16,25-26H. The van der Waals surface area contributed by atoms with Crippen LogP contribution < -0.4 is 9.47 Å². The zero-order valence-corrected chi connectivity index (χ0v) is 17.0. The Morgan fingerprint density at radius 2 is 1.19 bits per heavy atom. The predicted octanol–water partition coefficient (Wildman–Crippen LogP) is 5.52. The smallest absolute Gasteiger partial charge is 0.210 e. The summed E-state index contributed by atoms with van der Waals surface area (Å²) in [6.45, 7) is 0. The first-order chi connectivity index (χ1) is 14.9. The normalized spacial score (nSPS) is 11.1. The molecule has 0 bridgehead atoms. The molecule has 0 unspecified atom stereocenters. The molecule has 0 aromatic heterocycles. The molecule has 0 spiro atoms. The molecule has 7 heteroatoms. The summed E-state index contributed by atoms with van der Waals surface area (Å²) in [7, 11) is -3.94. The van der Waals surface area contributed by atoms with Crippen LogP contribution in [0.25, 0.3) is 0 Å². The van der Waals surface area contributed by atoms with E-state index in [0.717, 1.165) is 0 Å². The number of para-hydroxylation sites is 1. The third-order valence-electron chi connectivity index (χ3n) is 4.37. The molecule has 0 atom stereocenters. The zero-order chi connectivity index (χ0) is 21.8. The van der Waals surface area contributed by atoms with Crippen molar-refractivity contribution in [1.82, 2.24) is 0 Å². The van der Waals surface area contributed by atoms with E-state index in [1.807, 2.05) is 0 Å². The first kappa shape index (κ1) is 20.3. The predicted molar refractivity (Wildman–Crippen MR) is 115 cm³/mol. The fourth-order valence-electron chi connectivity index (χ4n) is 2.95. The molecule has 4 aromatic rings. The first-order valence-electron chi connectivity index (χ1n) is 9.30. The van der Waals surface area contributed by atoms with Crippen molar-refractivity contribution in [3.05, 3.63) is 97.1 Å². The van der Waals surface area contributed by atoms with Gasteiger partial charge in [0, 0.05) is 12.1 Å². The highest BCUT2D eigenvalue weighted by molar-refractivity contribution is 7.91. The van der Waals surface area contributed by atoms with Crippen molar-refractivity contribution in [2.45, 2.75) is 9.79 Å². The van der Waals surface area contributed by atoms with Gasteiger partial charge in [-0.25, -0.2) is 8.42 Å². The lowest BCUT2D eigenvalue weighted by Gasteiger charge is -2.16. The van der Waals surface area contributed by atoms with Crippen LogP contribution in [0.15, 0.2) is 107 Å². The van der Waals surface area contributed by atoms with Gasteiger partial charge in [-0.15, -0.1) is 0 Å². The van der Waals surface area contributed by atoms with E-state index in [1.54, 1.807) is 54.6 Å². The average Bonchev–Trinajstić information content (AvgIpc) is 2.75. The minimum Gasteiger partial charge on any atom is -0.508 e. The Kier molecular flexibility index (Phi) is 5.51. The van der Waals surface area contributed by atoms with Crippen LogP contribution in [0.1, 0.15) is 0 Å². The lowest BCUT2D eigenvalue weighted by molar-refractivity contribution is 0.402. The fourth-order valence-corrected chi connectivity index (χ4v) is 4.37. The van der Waals surface area contributed by atoms with Gasteiger partial charge in [-0.3, -0.25) is 0 Å². The Balaban J connectivity index is 1.86. The van der Waals surface area contributed by atoms with Crippen molar-refractivity contribution in [2.75, 3.05) is 0 Å². The summed E-state index contributed by atoms with van der Waals surface area (Å²) >= 11 is 0. The molecular formula is C24H18O6S. The topological polar surface area (TPSA) is 93.1 Å². The second-order valence-corrected chi connectivity index (χ2v) is 8.52. The largest absolute Gasteiger partial charge is 0.508 e. The van der Waals surface area contributed by atoms with Crippen molar-refractivity contribution in [2.24, 2.45) is 0 Å². The fraction of sp³-hybridized carbons (Fsp3) is 0. The maximum atomic E-state index is 13.3. The SMILES string of the molecule is O=S(=O)(c1ccccc1)c1cccc(Oc2cccc(O)c2)c1Oc1cccc(O)c1. The third kappa shape index (κ3) is 4.46. The Morgan fingerprint density at radius 3 is 1.81 bits per heavy atom. The Bertz CT molecular complexity index is 1320. The van der Waals surface area contributed by atoms with Gasteiger partial charge in [-0.2, -0.15) is 0 Å². The van der Waals surface area contributed by atoms with Gasteiger partial charge >= 0.3 is 0 Å². The maximum absolute atomic E-state index is 13.3. The summed E-state index contributed by atoms with van der Waals surface area (Å²) in [4.78, 5) is 0.00459. The molecule has 0 aliphatic carbocycles. The minimum absolute atomic E-state index is 0.000937. The molecule has 31 heavy (non-hydrogen) atoms. The zero-order valence-electron chi connectivity index (χ0n) is 16.2. The van der Waals surface area contributed by atoms with E-state index < -0.39 is 9.84 Å². The van der Waals surface area contributed by atoms with Gasteiger partial charge in [0.15, 0.2) is 11.5 Å². The molecule has 4 aromatic carbocycles. The van der Waals surface area contributed by atoms with Crippen molar-refractivity contribution >= 4 is 9.84 Å². The molecule has 0 aliphatic rings. The van der Waals surface area contributed by atoms with E-state index in [-0.39, 0.29) is 38.5 Å². The number of ether oxygens (including phenoxy) is 2. The van der Waals surface area contributed by atoms with Gasteiger partial charge in [0.05, 0.1) is 4.90 Å². The lowest BCUT2D eigenvalue weighted by Crippen LogP contribution is -2.05. The van der Waals surface area contributed by atoms with Crippen LogP contribution in [-0.2, 0) is 9.84 Å². The Labute approximate surface area is 179 Å². The van der Waals surface area contributed by atoms with Crippen molar-refractivity contribution in [1.29, 1.82) is 0 Å². The number of hydrogen-bond acceptors (Lipinski definition) is 6. The van der Waals surface area contributed by atoms with Gasteiger partial charge in [0.25, 0.3) is 0 Å². The summed E-state index contributed by atoms with van der Waals surface area (Å²) in [5.41, 5.74) is 0. The van der Waals surface area contributed by atoms with Gasteiger partial charge in [-0.1, -0.05) is 36.4 Å². The Hall–Kier alpha value is -3.97. The number of hydrogen-bond donors (Lipinski definition) is 2. The highest BCUT2D eigenvalue weighted by Crippen LogP contribution is 2.42. The minimum atomic E-state index is -3.94. The summed E-state index contributed by atoms with van der Waals surface area (Å²) < 4.78 is 38.4. The van der Waals surface area contributed by atoms with E-state index >= 15 is 0 Å². The average molecular weight is 434 g/mol. The lowest BCUT2D eigenvalue weighted by atomic mass is 10.3. The number of phenolic OH excluding ortho intramolecular Hbond substituents is 2. The summed E-state index contributed by atoms with van der Waals surface area (Å²) in [6, 6.07) is 24.6. The van der Waals surface area contributed by atoms with Crippen molar-refractivity contribution in [3.8, 4) is 34.5 Å². The van der Waals surface area contributed by atoms with Crippen LogP contribution in [0.5, 0.6) is 34.5 Å². The Morgan fingerprint density at radius 1 is 0.613 bits per heavy atom. The van der Waals surface area contributed by atoms with Gasteiger partial charge in [0.1, 0.15) is 27.9 Å². The molecule has 0 amide bonds. The number of aromatic hydroxyl groups is 2. The molecule has 2 N–H and O–H groups in total. The van der Waals surface area contributed by atoms with Gasteiger partial charge in [0.2, 0.25) is 9.84 Å². The van der Waals surface area contributed by atoms with Crippen LogP contribution in [0.4, 0.5) is 0 Å². The van der Waals surface area contributed by atoms with E-state index in [0.29, 0.717) is 5.75 Å². The number of rotatable bonds is 6. The third-order valence-corrected chi connectivity index (χ3v) is 6.16. The van der Waals surface area contributed by atoms with E-state index in [1.165, 1.54) is 42.5 Å². The maximum Gasteiger partial charge on any atom is 0.210 e. The summed E-state index contributed by atoms with van der Waals surface area (Å²) in [6.07, 6.45) is 0. The van der Waals surface area contributed by atoms with Crippen molar-refractivity contribution in [3.63, 3.8) is 0 Å². The van der Waals surface area contributed by atoms with E-state index in [2.05, 4.69) is 0 Å². The molecule has 6 nitrogen and oxygen atoms in total. The molecule has 0 saturated heterocycles. The van der Waals surface area contributed by atoms with Crippen molar-refractivity contribution < 1.29 is 28.1 Å². The van der Waals surface area contributed by atoms with Crippen LogP contribution >= 0.6 is 0 Å². The van der Waals surface area contributed by atoms with Crippen LogP contribution in [0, 0.1) is 0 Å². The quantitative estimate of drug-likeness (QED) is 0.415. The summed E-state index contributed by atoms with van der Waals surface area (Å²) in [5, 5.41) is 19.5. The van der Waals surface area contributed by atoms with Gasteiger partial charge < -0.3 is 19.7 Å². The molecule has 156 valence electrons.